The lowest BCUT2D eigenvalue weighted by molar-refractivity contribution is 0.652. The van der Waals surface area contributed by atoms with Crippen molar-refractivity contribution in [3.63, 3.8) is 0 Å². The highest BCUT2D eigenvalue weighted by atomic mass is 14.7. The molecule has 0 aliphatic rings. The summed E-state index contributed by atoms with van der Waals surface area (Å²) in [6, 6.07) is 0.0722. The Morgan fingerprint density at radius 2 is 1.19 bits per heavy atom. The van der Waals surface area contributed by atoms with Crippen molar-refractivity contribution in [3.8, 4) is 0 Å². The summed E-state index contributed by atoms with van der Waals surface area (Å²) in [5.41, 5.74) is 19.9. The Balaban J connectivity index is 3.39. The van der Waals surface area contributed by atoms with Crippen LogP contribution in [-0.4, -0.2) is 6.54 Å². The first-order chi connectivity index (χ1) is 7.41. The fraction of sp³-hybridized carbons (Fsp3) is 0.571. The molecule has 2 nitrogen and oxygen atoms in total. The van der Waals surface area contributed by atoms with Crippen molar-refractivity contribution in [2.75, 3.05) is 6.54 Å². The fourth-order valence-corrected chi connectivity index (χ4v) is 2.41. The zero-order chi connectivity index (χ0) is 12.5. The minimum absolute atomic E-state index is 0.0722. The molecule has 1 rings (SSSR count). The molecule has 0 heterocycles. The van der Waals surface area contributed by atoms with Gasteiger partial charge in [0.15, 0.2) is 0 Å². The third-order valence-electron chi connectivity index (χ3n) is 3.91. The Morgan fingerprint density at radius 3 is 1.56 bits per heavy atom. The van der Waals surface area contributed by atoms with Crippen LogP contribution in [-0.2, 0) is 0 Å². The molecule has 16 heavy (non-hydrogen) atoms. The number of hydrogen-bond acceptors (Lipinski definition) is 2. The van der Waals surface area contributed by atoms with E-state index < -0.39 is 0 Å². The number of nitrogens with two attached hydrogens (primary N) is 2. The largest absolute Gasteiger partial charge is 0.330 e. The van der Waals surface area contributed by atoms with Gasteiger partial charge in [0.1, 0.15) is 0 Å². The summed E-state index contributed by atoms with van der Waals surface area (Å²) in [5.74, 6) is 0. The molecule has 0 amide bonds. The van der Waals surface area contributed by atoms with E-state index in [2.05, 4.69) is 34.6 Å². The second-order valence-corrected chi connectivity index (χ2v) is 4.72. The van der Waals surface area contributed by atoms with Crippen LogP contribution in [0.1, 0.15) is 45.8 Å². The molecular weight excluding hydrogens is 196 g/mol. The molecular formula is C14H24N2. The third-order valence-corrected chi connectivity index (χ3v) is 3.91. The Morgan fingerprint density at radius 1 is 0.812 bits per heavy atom. The Kier molecular flexibility index (Phi) is 4.11. The monoisotopic (exact) mass is 220 g/mol. The van der Waals surface area contributed by atoms with Crippen LogP contribution in [0.15, 0.2) is 0 Å². The molecule has 90 valence electrons. The van der Waals surface area contributed by atoms with Gasteiger partial charge in [-0.25, -0.2) is 0 Å². The van der Waals surface area contributed by atoms with E-state index in [1.807, 2.05) is 0 Å². The van der Waals surface area contributed by atoms with Crippen LogP contribution in [0.25, 0.3) is 0 Å². The van der Waals surface area contributed by atoms with Gasteiger partial charge in [0.05, 0.1) is 0 Å². The highest BCUT2D eigenvalue weighted by Crippen LogP contribution is 2.30. The average molecular weight is 220 g/mol. The van der Waals surface area contributed by atoms with Gasteiger partial charge in [0.2, 0.25) is 0 Å². The zero-order valence-corrected chi connectivity index (χ0v) is 11.1. The summed E-state index contributed by atoms with van der Waals surface area (Å²) in [7, 11) is 0. The summed E-state index contributed by atoms with van der Waals surface area (Å²) in [4.78, 5) is 0. The summed E-state index contributed by atoms with van der Waals surface area (Å²) >= 11 is 0. The molecule has 0 spiro atoms. The summed E-state index contributed by atoms with van der Waals surface area (Å²) < 4.78 is 0. The summed E-state index contributed by atoms with van der Waals surface area (Å²) in [6.07, 6.45) is 0.851. The van der Waals surface area contributed by atoms with Gasteiger partial charge in [0, 0.05) is 6.04 Å². The maximum absolute atomic E-state index is 6.22. The smallest absolute Gasteiger partial charge is 0.0312 e. The van der Waals surface area contributed by atoms with Gasteiger partial charge in [-0.3, -0.25) is 0 Å². The Labute approximate surface area is 99.0 Å². The van der Waals surface area contributed by atoms with Crippen molar-refractivity contribution in [2.24, 2.45) is 11.5 Å². The van der Waals surface area contributed by atoms with E-state index in [-0.39, 0.29) is 6.04 Å². The van der Waals surface area contributed by atoms with E-state index in [0.717, 1.165) is 6.42 Å². The quantitative estimate of drug-likeness (QED) is 0.822. The molecule has 0 bridgehead atoms. The van der Waals surface area contributed by atoms with Crippen LogP contribution in [0.2, 0.25) is 0 Å². The van der Waals surface area contributed by atoms with E-state index >= 15 is 0 Å². The van der Waals surface area contributed by atoms with Gasteiger partial charge in [-0.2, -0.15) is 0 Å². The minimum atomic E-state index is 0.0722. The molecule has 0 fully saturated rings. The van der Waals surface area contributed by atoms with Crippen LogP contribution in [0.4, 0.5) is 0 Å². The first-order valence-corrected chi connectivity index (χ1v) is 5.94. The highest BCUT2D eigenvalue weighted by Gasteiger charge is 2.16. The predicted molar refractivity (Wildman–Crippen MR) is 70.7 cm³/mol. The van der Waals surface area contributed by atoms with Crippen LogP contribution in [0.5, 0.6) is 0 Å². The van der Waals surface area contributed by atoms with Gasteiger partial charge in [-0.15, -0.1) is 0 Å². The summed E-state index contributed by atoms with van der Waals surface area (Å²) in [5, 5.41) is 0. The zero-order valence-electron chi connectivity index (χ0n) is 11.1. The first-order valence-electron chi connectivity index (χ1n) is 5.94. The second-order valence-electron chi connectivity index (χ2n) is 4.72. The lowest BCUT2D eigenvalue weighted by Crippen LogP contribution is -2.19. The van der Waals surface area contributed by atoms with E-state index in [1.165, 1.54) is 33.4 Å². The van der Waals surface area contributed by atoms with Crippen molar-refractivity contribution in [1.82, 2.24) is 0 Å². The molecule has 0 unspecified atom stereocenters. The molecule has 0 aliphatic heterocycles. The molecule has 2 heteroatoms. The molecule has 0 aromatic heterocycles. The van der Waals surface area contributed by atoms with Gasteiger partial charge in [-0.05, 0) is 81.0 Å². The molecule has 4 N–H and O–H groups in total. The lowest BCUT2D eigenvalue weighted by atomic mass is 9.86. The molecule has 1 aromatic carbocycles. The van der Waals surface area contributed by atoms with Crippen molar-refractivity contribution < 1.29 is 0 Å². The highest BCUT2D eigenvalue weighted by molar-refractivity contribution is 5.50. The first kappa shape index (κ1) is 13.2. The SMILES string of the molecule is Cc1c(C)c(C)c([C@H](N)CCN)c(C)c1C. The molecule has 0 radical (unpaired) electrons. The van der Waals surface area contributed by atoms with E-state index in [0.29, 0.717) is 6.54 Å². The third kappa shape index (κ3) is 2.13. The standard InChI is InChI=1S/C14H24N2/c1-8-9(2)11(4)14(12(5)10(8)3)13(16)6-7-15/h13H,6-7,15-16H2,1-5H3/t13-/m1/s1. The second kappa shape index (κ2) is 4.98. The molecule has 0 aliphatic carbocycles. The number of benzene rings is 1. The van der Waals surface area contributed by atoms with Crippen LogP contribution in [0, 0.1) is 34.6 Å². The lowest BCUT2D eigenvalue weighted by Gasteiger charge is -2.22. The molecule has 0 saturated carbocycles. The molecule has 1 aromatic rings. The van der Waals surface area contributed by atoms with E-state index in [1.54, 1.807) is 0 Å². The maximum Gasteiger partial charge on any atom is 0.0312 e. The summed E-state index contributed by atoms with van der Waals surface area (Å²) in [6.45, 7) is 11.5. The van der Waals surface area contributed by atoms with Crippen molar-refractivity contribution >= 4 is 0 Å². The maximum atomic E-state index is 6.22. The minimum Gasteiger partial charge on any atom is -0.330 e. The van der Waals surface area contributed by atoms with Gasteiger partial charge >= 0.3 is 0 Å². The van der Waals surface area contributed by atoms with Gasteiger partial charge in [0.25, 0.3) is 0 Å². The van der Waals surface area contributed by atoms with E-state index in [9.17, 15) is 0 Å². The van der Waals surface area contributed by atoms with Crippen LogP contribution < -0.4 is 11.5 Å². The van der Waals surface area contributed by atoms with Crippen LogP contribution >= 0.6 is 0 Å². The number of rotatable bonds is 3. The van der Waals surface area contributed by atoms with Gasteiger partial charge < -0.3 is 11.5 Å². The van der Waals surface area contributed by atoms with Crippen molar-refractivity contribution in [2.45, 2.75) is 47.1 Å². The van der Waals surface area contributed by atoms with Crippen molar-refractivity contribution in [1.29, 1.82) is 0 Å². The van der Waals surface area contributed by atoms with Crippen LogP contribution in [0.3, 0.4) is 0 Å². The molecule has 0 saturated heterocycles. The number of hydrogen-bond donors (Lipinski definition) is 2. The van der Waals surface area contributed by atoms with Crippen molar-refractivity contribution in [3.05, 3.63) is 33.4 Å². The Bertz CT molecular complexity index is 365. The fourth-order valence-electron chi connectivity index (χ4n) is 2.41. The van der Waals surface area contributed by atoms with E-state index in [4.69, 9.17) is 11.5 Å². The average Bonchev–Trinajstić information content (AvgIpc) is 2.24. The Hall–Kier alpha value is -0.860. The van der Waals surface area contributed by atoms with Gasteiger partial charge in [-0.1, -0.05) is 0 Å². The topological polar surface area (TPSA) is 52.0 Å². The predicted octanol–water partition coefficient (Wildman–Crippen LogP) is 2.58. The molecule has 1 atom stereocenters. The normalized spacial score (nSPS) is 12.9.